The molecular weight excluding hydrogens is 226 g/mol. The number of nitrogens with zero attached hydrogens (tertiary/aromatic N) is 3. The first kappa shape index (κ1) is 11.0. The monoisotopic (exact) mass is 247 g/mol. The van der Waals surface area contributed by atoms with Crippen LogP contribution in [0.4, 0.5) is 0 Å². The van der Waals surface area contributed by atoms with Gasteiger partial charge in [-0.15, -0.1) is 0 Å². The van der Waals surface area contributed by atoms with Crippen molar-refractivity contribution in [2.75, 3.05) is 26.7 Å². The van der Waals surface area contributed by atoms with E-state index in [4.69, 9.17) is 4.52 Å². The summed E-state index contributed by atoms with van der Waals surface area (Å²) in [6, 6.07) is 2.95. The van der Waals surface area contributed by atoms with Crippen LogP contribution >= 0.6 is 0 Å². The molecule has 2 aliphatic heterocycles. The minimum absolute atomic E-state index is 0.701. The predicted molar refractivity (Wildman–Crippen MR) is 68.3 cm³/mol. The zero-order chi connectivity index (χ0) is 12.1. The highest BCUT2D eigenvalue weighted by atomic mass is 16.5. The third-order valence-electron chi connectivity index (χ3n) is 4.85. The summed E-state index contributed by atoms with van der Waals surface area (Å²) in [5.74, 6) is 2.63. The van der Waals surface area contributed by atoms with Crippen LogP contribution < -0.4 is 0 Å². The molecule has 0 radical (unpaired) electrons. The van der Waals surface area contributed by atoms with Gasteiger partial charge in [0.25, 0.3) is 0 Å². The maximum absolute atomic E-state index is 5.47. The summed E-state index contributed by atoms with van der Waals surface area (Å²) >= 11 is 0. The Balaban J connectivity index is 1.40. The topological polar surface area (TPSA) is 32.5 Å². The Labute approximate surface area is 108 Å². The lowest BCUT2D eigenvalue weighted by atomic mass is 10.1. The highest BCUT2D eigenvalue weighted by molar-refractivity contribution is 5.15. The molecule has 18 heavy (non-hydrogen) atoms. The molecule has 0 spiro atoms. The lowest BCUT2D eigenvalue weighted by Gasteiger charge is -2.19. The molecule has 0 amide bonds. The van der Waals surface area contributed by atoms with Gasteiger partial charge in [0.2, 0.25) is 0 Å². The second-order valence-electron chi connectivity index (χ2n) is 6.28. The van der Waals surface area contributed by atoms with Crippen LogP contribution in [0.5, 0.6) is 0 Å². The zero-order valence-electron chi connectivity index (χ0n) is 11.0. The molecule has 0 aromatic carbocycles. The van der Waals surface area contributed by atoms with Crippen molar-refractivity contribution in [3.05, 3.63) is 17.5 Å². The molecule has 3 fully saturated rings. The number of likely N-dealkylation sites (N-methyl/N-ethyl adjacent to an activating group) is 1. The van der Waals surface area contributed by atoms with Crippen LogP contribution in [0.2, 0.25) is 0 Å². The van der Waals surface area contributed by atoms with E-state index >= 15 is 0 Å². The Morgan fingerprint density at radius 1 is 1.33 bits per heavy atom. The number of likely N-dealkylation sites (tertiary alicyclic amines) is 2. The summed E-state index contributed by atoms with van der Waals surface area (Å²) in [4.78, 5) is 5.04. The molecule has 3 heterocycles. The summed E-state index contributed by atoms with van der Waals surface area (Å²) in [5.41, 5.74) is 1.18. The largest absolute Gasteiger partial charge is 0.360 e. The van der Waals surface area contributed by atoms with Gasteiger partial charge in [0.1, 0.15) is 0 Å². The van der Waals surface area contributed by atoms with Crippen molar-refractivity contribution >= 4 is 0 Å². The molecule has 0 unspecified atom stereocenters. The highest BCUT2D eigenvalue weighted by Gasteiger charge is 2.39. The summed E-state index contributed by atoms with van der Waals surface area (Å²) in [5, 5.41) is 4.20. The molecule has 98 valence electrons. The van der Waals surface area contributed by atoms with Crippen LogP contribution in [0.1, 0.15) is 36.6 Å². The normalized spacial score (nSPS) is 33.2. The van der Waals surface area contributed by atoms with E-state index in [1.165, 1.54) is 44.6 Å². The van der Waals surface area contributed by atoms with Crippen molar-refractivity contribution in [1.29, 1.82) is 0 Å². The van der Waals surface area contributed by atoms with E-state index in [0.717, 1.165) is 24.3 Å². The Bertz CT molecular complexity index is 440. The fourth-order valence-corrected chi connectivity index (χ4v) is 3.58. The first-order chi connectivity index (χ1) is 8.79. The smallest absolute Gasteiger partial charge is 0.150 e. The molecule has 0 bridgehead atoms. The average molecular weight is 247 g/mol. The van der Waals surface area contributed by atoms with Crippen molar-refractivity contribution in [3.63, 3.8) is 0 Å². The quantitative estimate of drug-likeness (QED) is 0.813. The van der Waals surface area contributed by atoms with Gasteiger partial charge in [-0.1, -0.05) is 5.16 Å². The fourth-order valence-electron chi connectivity index (χ4n) is 3.58. The van der Waals surface area contributed by atoms with Crippen molar-refractivity contribution in [3.8, 4) is 0 Å². The molecule has 1 aliphatic carbocycles. The van der Waals surface area contributed by atoms with Gasteiger partial charge in [-0.3, -0.25) is 4.90 Å². The number of fused-ring (bicyclic) bond motifs is 1. The Hall–Kier alpha value is -0.870. The number of hydrogen-bond acceptors (Lipinski definition) is 4. The minimum atomic E-state index is 0.701. The van der Waals surface area contributed by atoms with E-state index in [1.807, 2.05) is 0 Å². The van der Waals surface area contributed by atoms with Crippen LogP contribution in [0.25, 0.3) is 0 Å². The van der Waals surface area contributed by atoms with E-state index < -0.39 is 0 Å². The van der Waals surface area contributed by atoms with Gasteiger partial charge in [-0.2, -0.15) is 0 Å². The van der Waals surface area contributed by atoms with Crippen LogP contribution in [0.15, 0.2) is 10.6 Å². The molecule has 3 aliphatic rings. The first-order valence-corrected chi connectivity index (χ1v) is 7.17. The van der Waals surface area contributed by atoms with Crippen LogP contribution in [-0.2, 0) is 6.54 Å². The highest BCUT2D eigenvalue weighted by Crippen LogP contribution is 2.39. The maximum atomic E-state index is 5.47. The van der Waals surface area contributed by atoms with Gasteiger partial charge in [0, 0.05) is 31.1 Å². The van der Waals surface area contributed by atoms with Gasteiger partial charge in [-0.05, 0) is 38.8 Å². The van der Waals surface area contributed by atoms with Gasteiger partial charge in [-0.25, -0.2) is 0 Å². The number of aromatic nitrogens is 1. The Morgan fingerprint density at radius 3 is 3.00 bits per heavy atom. The van der Waals surface area contributed by atoms with Crippen LogP contribution in [0.3, 0.4) is 0 Å². The van der Waals surface area contributed by atoms with Crippen molar-refractivity contribution in [2.24, 2.45) is 5.92 Å². The first-order valence-electron chi connectivity index (χ1n) is 7.17. The molecule has 2 atom stereocenters. The average Bonchev–Trinajstić information content (AvgIpc) is 2.82. The third kappa shape index (κ3) is 1.88. The van der Waals surface area contributed by atoms with E-state index in [1.54, 1.807) is 0 Å². The predicted octanol–water partition coefficient (Wildman–Crippen LogP) is 1.69. The standard InChI is InChI=1S/C14H21N3O/c1-16-5-4-11-7-17(9-14(11)16)8-12-6-13(15-18-12)10-2-3-10/h6,10-11,14H,2-5,7-9H2,1H3/t11-,14+/m1/s1. The molecule has 0 N–H and O–H groups in total. The lowest BCUT2D eigenvalue weighted by Crippen LogP contribution is -2.31. The molecule has 2 saturated heterocycles. The van der Waals surface area contributed by atoms with Crippen LogP contribution in [0, 0.1) is 5.92 Å². The number of rotatable bonds is 3. The van der Waals surface area contributed by atoms with Gasteiger partial charge in [0.15, 0.2) is 5.76 Å². The molecule has 1 aromatic heterocycles. The van der Waals surface area contributed by atoms with Crippen molar-refractivity contribution < 1.29 is 4.52 Å². The summed E-state index contributed by atoms with van der Waals surface area (Å²) < 4.78 is 5.47. The van der Waals surface area contributed by atoms with Crippen molar-refractivity contribution in [1.82, 2.24) is 15.0 Å². The Morgan fingerprint density at radius 2 is 2.22 bits per heavy atom. The third-order valence-corrected chi connectivity index (χ3v) is 4.85. The summed E-state index contributed by atoms with van der Waals surface area (Å²) in [6.07, 6.45) is 3.96. The maximum Gasteiger partial charge on any atom is 0.150 e. The van der Waals surface area contributed by atoms with E-state index in [0.29, 0.717) is 5.92 Å². The summed E-state index contributed by atoms with van der Waals surface area (Å²) in [6.45, 7) is 4.65. The zero-order valence-corrected chi connectivity index (χ0v) is 11.0. The molecule has 1 saturated carbocycles. The van der Waals surface area contributed by atoms with E-state index in [9.17, 15) is 0 Å². The minimum Gasteiger partial charge on any atom is -0.360 e. The molecule has 4 heteroatoms. The van der Waals surface area contributed by atoms with E-state index in [2.05, 4.69) is 28.1 Å². The molecular formula is C14H21N3O. The van der Waals surface area contributed by atoms with Crippen molar-refractivity contribution in [2.45, 2.75) is 37.8 Å². The SMILES string of the molecule is CN1CC[C@@H]2CN(Cc3cc(C4CC4)no3)C[C@@H]21. The second kappa shape index (κ2) is 4.07. The number of hydrogen-bond donors (Lipinski definition) is 0. The van der Waals surface area contributed by atoms with Crippen LogP contribution in [-0.4, -0.2) is 47.7 Å². The second-order valence-corrected chi connectivity index (χ2v) is 6.28. The Kier molecular flexibility index (Phi) is 2.49. The molecule has 1 aromatic rings. The molecule has 4 nitrogen and oxygen atoms in total. The molecule has 4 rings (SSSR count). The fraction of sp³-hybridized carbons (Fsp3) is 0.786. The summed E-state index contributed by atoms with van der Waals surface area (Å²) in [7, 11) is 2.26. The van der Waals surface area contributed by atoms with Gasteiger partial charge >= 0.3 is 0 Å². The lowest BCUT2D eigenvalue weighted by molar-refractivity contribution is 0.233. The van der Waals surface area contributed by atoms with Gasteiger partial charge in [0.05, 0.1) is 12.2 Å². The van der Waals surface area contributed by atoms with E-state index in [-0.39, 0.29) is 0 Å². The van der Waals surface area contributed by atoms with Gasteiger partial charge < -0.3 is 9.42 Å².